The molecule has 0 atom stereocenters. The van der Waals surface area contributed by atoms with Crippen LogP contribution >= 0.6 is 0 Å². The van der Waals surface area contributed by atoms with Crippen LogP contribution < -0.4 is 5.32 Å². The Morgan fingerprint density at radius 1 is 1.58 bits per heavy atom. The van der Waals surface area contributed by atoms with Gasteiger partial charge in [-0.2, -0.15) is 5.10 Å². The van der Waals surface area contributed by atoms with Crippen LogP contribution in [0.1, 0.15) is 47.8 Å². The molecule has 0 unspecified atom stereocenters. The van der Waals surface area contributed by atoms with E-state index >= 15 is 0 Å². The Morgan fingerprint density at radius 2 is 2.37 bits per heavy atom. The van der Waals surface area contributed by atoms with E-state index in [1.165, 1.54) is 0 Å². The smallest absolute Gasteiger partial charge is 0.295 e. The van der Waals surface area contributed by atoms with Gasteiger partial charge < -0.3 is 5.32 Å². The summed E-state index contributed by atoms with van der Waals surface area (Å²) in [5, 5.41) is 13.9. The molecule has 1 aliphatic rings. The van der Waals surface area contributed by atoms with Crippen molar-refractivity contribution in [3.8, 4) is 0 Å². The molecule has 1 amide bonds. The molecule has 7 nitrogen and oxygen atoms in total. The number of carbonyl (C=O) groups excluding carboxylic acids is 1. The summed E-state index contributed by atoms with van der Waals surface area (Å²) < 4.78 is 1.68. The third-order valence-electron chi connectivity index (χ3n) is 3.16. The summed E-state index contributed by atoms with van der Waals surface area (Å²) in [7, 11) is 1.83. The number of nitrogens with zero attached hydrogens (tertiary/aromatic N) is 4. The molecule has 2 heterocycles. The third-order valence-corrected chi connectivity index (χ3v) is 3.16. The highest BCUT2D eigenvalue weighted by Gasteiger charge is 2.28. The van der Waals surface area contributed by atoms with Crippen LogP contribution in [-0.2, 0) is 13.5 Å². The number of hydrogen-bond donors (Lipinski definition) is 2. The topological polar surface area (TPSA) is 88.5 Å². The molecule has 0 bridgehead atoms. The first-order valence-corrected chi connectivity index (χ1v) is 6.43. The van der Waals surface area contributed by atoms with Gasteiger partial charge in [0, 0.05) is 19.2 Å². The van der Waals surface area contributed by atoms with Gasteiger partial charge in [-0.05, 0) is 19.3 Å². The molecule has 2 aromatic rings. The van der Waals surface area contributed by atoms with Crippen molar-refractivity contribution in [2.24, 2.45) is 7.05 Å². The SMILES string of the molecule is CCc1nn(C)cc1NC(=O)c1n[nH]c(C2CC2)n1. The molecular formula is C12H16N6O. The van der Waals surface area contributed by atoms with Crippen LogP contribution in [0.15, 0.2) is 6.20 Å². The van der Waals surface area contributed by atoms with E-state index in [0.29, 0.717) is 11.6 Å². The van der Waals surface area contributed by atoms with E-state index in [9.17, 15) is 4.79 Å². The second kappa shape index (κ2) is 4.49. The fourth-order valence-corrected chi connectivity index (χ4v) is 1.99. The Labute approximate surface area is 110 Å². The van der Waals surface area contributed by atoms with Crippen molar-refractivity contribution in [2.45, 2.75) is 32.1 Å². The van der Waals surface area contributed by atoms with Gasteiger partial charge in [-0.15, -0.1) is 5.10 Å². The van der Waals surface area contributed by atoms with Crippen molar-refractivity contribution in [3.63, 3.8) is 0 Å². The fourth-order valence-electron chi connectivity index (χ4n) is 1.99. The number of nitrogens with one attached hydrogen (secondary N) is 2. The second-order valence-electron chi connectivity index (χ2n) is 4.79. The molecule has 100 valence electrons. The number of amides is 1. The number of rotatable bonds is 4. The van der Waals surface area contributed by atoms with Crippen LogP contribution in [0.5, 0.6) is 0 Å². The van der Waals surface area contributed by atoms with Crippen LogP contribution in [0.4, 0.5) is 5.69 Å². The Bertz CT molecular complexity index is 610. The summed E-state index contributed by atoms with van der Waals surface area (Å²) in [6, 6.07) is 0. The Morgan fingerprint density at radius 3 is 3.05 bits per heavy atom. The van der Waals surface area contributed by atoms with Crippen LogP contribution in [-0.4, -0.2) is 30.9 Å². The van der Waals surface area contributed by atoms with Gasteiger partial charge >= 0.3 is 0 Å². The zero-order valence-corrected chi connectivity index (χ0v) is 11.0. The summed E-state index contributed by atoms with van der Waals surface area (Å²) in [6.07, 6.45) is 4.79. The van der Waals surface area contributed by atoms with E-state index in [4.69, 9.17) is 0 Å². The summed E-state index contributed by atoms with van der Waals surface area (Å²) in [6.45, 7) is 2.00. The zero-order chi connectivity index (χ0) is 13.4. The minimum absolute atomic E-state index is 0.188. The van der Waals surface area contributed by atoms with Gasteiger partial charge in [-0.25, -0.2) is 4.98 Å². The highest BCUT2D eigenvalue weighted by molar-refractivity contribution is 6.01. The molecule has 3 rings (SSSR count). The molecule has 19 heavy (non-hydrogen) atoms. The number of H-pyrrole nitrogens is 1. The molecule has 0 saturated heterocycles. The largest absolute Gasteiger partial charge is 0.316 e. The van der Waals surface area contributed by atoms with Crippen LogP contribution in [0.25, 0.3) is 0 Å². The Hall–Kier alpha value is -2.18. The summed E-state index contributed by atoms with van der Waals surface area (Å²) in [4.78, 5) is 16.3. The molecule has 1 fully saturated rings. The van der Waals surface area contributed by atoms with E-state index in [1.54, 1.807) is 10.9 Å². The van der Waals surface area contributed by atoms with Crippen LogP contribution in [0.2, 0.25) is 0 Å². The van der Waals surface area contributed by atoms with Gasteiger partial charge in [0.2, 0.25) is 5.82 Å². The quantitative estimate of drug-likeness (QED) is 0.865. The minimum Gasteiger partial charge on any atom is -0.316 e. The molecular weight excluding hydrogens is 244 g/mol. The molecule has 0 aromatic carbocycles. The normalized spacial score (nSPS) is 14.6. The lowest BCUT2D eigenvalue weighted by atomic mass is 10.3. The van der Waals surface area contributed by atoms with Gasteiger partial charge in [-0.1, -0.05) is 6.92 Å². The molecule has 0 radical (unpaired) electrons. The van der Waals surface area contributed by atoms with E-state index < -0.39 is 0 Å². The van der Waals surface area contributed by atoms with Gasteiger partial charge in [0.15, 0.2) is 0 Å². The van der Waals surface area contributed by atoms with Gasteiger partial charge in [0.05, 0.1) is 11.4 Å². The average molecular weight is 260 g/mol. The molecule has 2 N–H and O–H groups in total. The number of aromatic nitrogens is 5. The van der Waals surface area contributed by atoms with Crippen LogP contribution in [0.3, 0.4) is 0 Å². The first-order chi connectivity index (χ1) is 9.17. The molecule has 1 saturated carbocycles. The second-order valence-corrected chi connectivity index (χ2v) is 4.79. The first-order valence-electron chi connectivity index (χ1n) is 6.43. The number of aryl methyl sites for hydroxylation is 2. The van der Waals surface area contributed by atoms with Gasteiger partial charge in [-0.3, -0.25) is 14.6 Å². The fraction of sp³-hybridized carbons (Fsp3) is 0.500. The predicted molar refractivity (Wildman–Crippen MR) is 68.9 cm³/mol. The summed E-state index contributed by atoms with van der Waals surface area (Å²) in [5.74, 6) is 1.16. The lowest BCUT2D eigenvalue weighted by Crippen LogP contribution is -2.14. The lowest BCUT2D eigenvalue weighted by molar-refractivity contribution is 0.101. The first kappa shape index (κ1) is 11.9. The number of hydrogen-bond acceptors (Lipinski definition) is 4. The molecule has 1 aliphatic carbocycles. The van der Waals surface area contributed by atoms with E-state index in [2.05, 4.69) is 25.6 Å². The highest BCUT2D eigenvalue weighted by atomic mass is 16.2. The van der Waals surface area contributed by atoms with Crippen molar-refractivity contribution >= 4 is 11.6 Å². The number of aromatic amines is 1. The zero-order valence-electron chi connectivity index (χ0n) is 11.0. The third kappa shape index (κ3) is 2.35. The van der Waals surface area contributed by atoms with Gasteiger partial charge in [0.25, 0.3) is 5.91 Å². The van der Waals surface area contributed by atoms with Crippen molar-refractivity contribution in [1.82, 2.24) is 25.0 Å². The molecule has 2 aromatic heterocycles. The maximum Gasteiger partial charge on any atom is 0.295 e. The molecule has 0 spiro atoms. The van der Waals surface area contributed by atoms with E-state index in [0.717, 1.165) is 30.8 Å². The predicted octanol–water partition coefficient (Wildman–Crippen LogP) is 1.23. The summed E-state index contributed by atoms with van der Waals surface area (Å²) in [5.41, 5.74) is 1.57. The van der Waals surface area contributed by atoms with E-state index in [-0.39, 0.29) is 11.7 Å². The molecule has 0 aliphatic heterocycles. The standard InChI is InChI=1S/C12H16N6O/c1-3-8-9(6-18(2)17-8)13-12(19)11-14-10(15-16-11)7-4-5-7/h6-7H,3-5H2,1-2H3,(H,13,19)(H,14,15,16). The maximum absolute atomic E-state index is 12.1. The maximum atomic E-state index is 12.1. The van der Waals surface area contributed by atoms with Crippen molar-refractivity contribution in [2.75, 3.05) is 5.32 Å². The Balaban J connectivity index is 1.75. The average Bonchev–Trinajstić information content (AvgIpc) is 3.00. The number of carbonyl (C=O) groups is 1. The number of anilines is 1. The monoisotopic (exact) mass is 260 g/mol. The van der Waals surface area contributed by atoms with Crippen LogP contribution in [0, 0.1) is 0 Å². The lowest BCUT2D eigenvalue weighted by Gasteiger charge is -2.00. The molecule has 7 heteroatoms. The minimum atomic E-state index is -0.300. The van der Waals surface area contributed by atoms with Gasteiger partial charge in [0.1, 0.15) is 5.82 Å². The van der Waals surface area contributed by atoms with Crippen molar-refractivity contribution in [3.05, 3.63) is 23.5 Å². The highest BCUT2D eigenvalue weighted by Crippen LogP contribution is 2.37. The van der Waals surface area contributed by atoms with E-state index in [1.807, 2.05) is 14.0 Å². The van der Waals surface area contributed by atoms with Crippen molar-refractivity contribution in [1.29, 1.82) is 0 Å². The van der Waals surface area contributed by atoms with Crippen molar-refractivity contribution < 1.29 is 4.79 Å². The Kier molecular flexibility index (Phi) is 2.81. The summed E-state index contributed by atoms with van der Waals surface area (Å²) >= 11 is 0.